The molecule has 0 radical (unpaired) electrons. The smallest absolute Gasteiger partial charge is 0.326 e. The maximum absolute atomic E-state index is 12.0. The van der Waals surface area contributed by atoms with Gasteiger partial charge in [0.1, 0.15) is 30.0 Å². The number of anilines is 2. The molecule has 3 N–H and O–H groups in total. The van der Waals surface area contributed by atoms with Crippen molar-refractivity contribution in [3.05, 3.63) is 59.7 Å². The molecule has 38 heavy (non-hydrogen) atoms. The van der Waals surface area contributed by atoms with Crippen LogP contribution in [-0.4, -0.2) is 74.6 Å². The highest BCUT2D eigenvalue weighted by molar-refractivity contribution is 5.76. The molecule has 1 aliphatic rings. The average Bonchev–Trinajstić information content (AvgIpc) is 3.33. The molecule has 4 rings (SSSR count). The lowest BCUT2D eigenvalue weighted by atomic mass is 10.1. The van der Waals surface area contributed by atoms with Crippen molar-refractivity contribution in [2.75, 3.05) is 43.4 Å². The van der Waals surface area contributed by atoms with Crippen molar-refractivity contribution in [1.29, 1.82) is 0 Å². The Balaban J connectivity index is 1.30. The molecular weight excluding hydrogens is 482 g/mol. The lowest BCUT2D eigenvalue weighted by Crippen LogP contribution is -2.37. The van der Waals surface area contributed by atoms with Crippen LogP contribution in [0.2, 0.25) is 0 Å². The van der Waals surface area contributed by atoms with E-state index in [1.54, 1.807) is 30.2 Å². The van der Waals surface area contributed by atoms with E-state index in [2.05, 4.69) is 37.7 Å². The van der Waals surface area contributed by atoms with Crippen molar-refractivity contribution in [3.8, 4) is 5.75 Å². The second-order valence-corrected chi connectivity index (χ2v) is 9.74. The topological polar surface area (TPSA) is 117 Å². The maximum atomic E-state index is 12.0. The van der Waals surface area contributed by atoms with Crippen LogP contribution < -0.4 is 15.4 Å². The van der Waals surface area contributed by atoms with Gasteiger partial charge in [-0.15, -0.1) is 0 Å². The second kappa shape index (κ2) is 13.8. The van der Waals surface area contributed by atoms with Crippen molar-refractivity contribution in [2.45, 2.75) is 51.5 Å². The summed E-state index contributed by atoms with van der Waals surface area (Å²) >= 11 is 0. The first-order valence-electron chi connectivity index (χ1n) is 13.5. The predicted octanol–water partition coefficient (Wildman–Crippen LogP) is 3.54. The van der Waals surface area contributed by atoms with Gasteiger partial charge in [-0.25, -0.2) is 9.78 Å². The molecule has 3 aromatic rings. The monoisotopic (exact) mass is 521 g/mol. The van der Waals surface area contributed by atoms with Crippen LogP contribution in [0.1, 0.15) is 42.6 Å². The van der Waals surface area contributed by atoms with Gasteiger partial charge in [-0.05, 0) is 75.8 Å². The third kappa shape index (κ3) is 7.92. The highest BCUT2D eigenvalue weighted by Crippen LogP contribution is 2.20. The Morgan fingerprint density at radius 2 is 2.11 bits per heavy atom. The van der Waals surface area contributed by atoms with Crippen LogP contribution in [0.3, 0.4) is 0 Å². The summed E-state index contributed by atoms with van der Waals surface area (Å²) in [7, 11) is 1.79. The molecule has 0 unspecified atom stereocenters. The number of hydrogen-bond donors (Lipinski definition) is 3. The number of carboxylic acids is 1. The number of aromatic nitrogens is 4. The molecule has 0 saturated heterocycles. The Labute approximate surface area is 224 Å². The van der Waals surface area contributed by atoms with Gasteiger partial charge >= 0.3 is 5.97 Å². The van der Waals surface area contributed by atoms with Crippen molar-refractivity contribution >= 4 is 17.6 Å². The van der Waals surface area contributed by atoms with Gasteiger partial charge < -0.3 is 20.5 Å². The zero-order chi connectivity index (χ0) is 26.7. The number of nitrogens with one attached hydrogen (secondary N) is 2. The quantitative estimate of drug-likeness (QED) is 0.258. The van der Waals surface area contributed by atoms with Crippen LogP contribution in [0.5, 0.6) is 5.75 Å². The highest BCUT2D eigenvalue weighted by atomic mass is 16.5. The number of nitrogens with zero attached hydrogens (tertiary/aromatic N) is 5. The molecule has 0 bridgehead atoms. The van der Waals surface area contributed by atoms with Crippen molar-refractivity contribution < 1.29 is 14.6 Å². The van der Waals surface area contributed by atoms with E-state index in [0.29, 0.717) is 31.9 Å². The lowest BCUT2D eigenvalue weighted by molar-refractivity contribution is -0.138. The number of fused-ring (bicyclic) bond motifs is 1. The molecule has 0 spiro atoms. The van der Waals surface area contributed by atoms with Gasteiger partial charge in [-0.1, -0.05) is 6.07 Å². The SMILES string of the molecule is Cc1ncccc1OCCN(CCCCc1ccc2c(n1)NCCC2)CC[C@H](Nc1ccnn1C)C(=O)O. The lowest BCUT2D eigenvalue weighted by Gasteiger charge is -2.25. The molecule has 0 saturated carbocycles. The molecule has 3 aromatic heterocycles. The number of carbonyl (C=O) groups is 1. The van der Waals surface area contributed by atoms with Gasteiger partial charge in [0.05, 0.1) is 11.9 Å². The molecule has 204 valence electrons. The fourth-order valence-electron chi connectivity index (χ4n) is 4.65. The number of hydrogen-bond acceptors (Lipinski definition) is 8. The average molecular weight is 522 g/mol. The molecule has 1 atom stereocenters. The number of ether oxygens (including phenoxy) is 1. The van der Waals surface area contributed by atoms with E-state index in [9.17, 15) is 9.90 Å². The summed E-state index contributed by atoms with van der Waals surface area (Å²) in [5, 5.41) is 20.4. The summed E-state index contributed by atoms with van der Waals surface area (Å²) in [4.78, 5) is 23.3. The number of pyridine rings is 2. The molecule has 0 fully saturated rings. The van der Waals surface area contributed by atoms with Crippen LogP contribution in [0.15, 0.2) is 42.7 Å². The van der Waals surface area contributed by atoms with E-state index in [1.807, 2.05) is 19.1 Å². The van der Waals surface area contributed by atoms with Gasteiger partial charge in [0, 0.05) is 44.6 Å². The third-order valence-corrected chi connectivity index (χ3v) is 6.91. The highest BCUT2D eigenvalue weighted by Gasteiger charge is 2.20. The molecule has 0 aromatic carbocycles. The predicted molar refractivity (Wildman–Crippen MR) is 148 cm³/mol. The number of unbranched alkanes of at least 4 members (excludes halogenated alkanes) is 1. The summed E-state index contributed by atoms with van der Waals surface area (Å²) in [6.45, 7) is 5.63. The molecule has 0 amide bonds. The zero-order valence-electron chi connectivity index (χ0n) is 22.4. The summed E-state index contributed by atoms with van der Waals surface area (Å²) in [6.07, 6.45) is 9.05. The first kappa shape index (κ1) is 27.4. The van der Waals surface area contributed by atoms with Crippen LogP contribution >= 0.6 is 0 Å². The van der Waals surface area contributed by atoms with E-state index >= 15 is 0 Å². The van der Waals surface area contributed by atoms with Gasteiger partial charge in [-0.2, -0.15) is 5.10 Å². The summed E-state index contributed by atoms with van der Waals surface area (Å²) in [6, 6.07) is 9.21. The first-order chi connectivity index (χ1) is 18.5. The van der Waals surface area contributed by atoms with Crippen LogP contribution in [0.25, 0.3) is 0 Å². The summed E-state index contributed by atoms with van der Waals surface area (Å²) in [5.41, 5.74) is 3.28. The summed E-state index contributed by atoms with van der Waals surface area (Å²) in [5.74, 6) is 1.63. The van der Waals surface area contributed by atoms with E-state index < -0.39 is 12.0 Å². The van der Waals surface area contributed by atoms with E-state index in [0.717, 1.165) is 68.1 Å². The van der Waals surface area contributed by atoms with E-state index in [4.69, 9.17) is 9.72 Å². The summed E-state index contributed by atoms with van der Waals surface area (Å²) < 4.78 is 7.63. The number of aliphatic carboxylic acids is 1. The number of aryl methyl sites for hydroxylation is 4. The Morgan fingerprint density at radius 3 is 2.89 bits per heavy atom. The fraction of sp³-hybridized carbons (Fsp3) is 0.500. The Bertz CT molecular complexity index is 1180. The Morgan fingerprint density at radius 1 is 1.21 bits per heavy atom. The van der Waals surface area contributed by atoms with Crippen molar-refractivity contribution in [3.63, 3.8) is 0 Å². The van der Waals surface area contributed by atoms with E-state index in [-0.39, 0.29) is 0 Å². The molecule has 0 aliphatic carbocycles. The zero-order valence-corrected chi connectivity index (χ0v) is 22.4. The first-order valence-corrected chi connectivity index (χ1v) is 13.5. The Hall–Kier alpha value is -3.66. The second-order valence-electron chi connectivity index (χ2n) is 9.74. The van der Waals surface area contributed by atoms with Gasteiger partial charge in [0.15, 0.2) is 0 Å². The van der Waals surface area contributed by atoms with Crippen LogP contribution in [-0.2, 0) is 24.7 Å². The fourth-order valence-corrected chi connectivity index (χ4v) is 4.65. The van der Waals surface area contributed by atoms with Crippen molar-refractivity contribution in [1.82, 2.24) is 24.6 Å². The van der Waals surface area contributed by atoms with Gasteiger partial charge in [0.25, 0.3) is 0 Å². The van der Waals surface area contributed by atoms with Crippen molar-refractivity contribution in [2.24, 2.45) is 7.05 Å². The minimum Gasteiger partial charge on any atom is -0.490 e. The molecule has 10 heteroatoms. The molecular formula is C28H39N7O3. The van der Waals surface area contributed by atoms with Crippen LogP contribution in [0, 0.1) is 6.92 Å². The Kier molecular flexibility index (Phi) is 9.91. The van der Waals surface area contributed by atoms with Gasteiger partial charge in [-0.3, -0.25) is 14.6 Å². The van der Waals surface area contributed by atoms with Crippen LogP contribution in [0.4, 0.5) is 11.6 Å². The normalized spacial score (nSPS) is 13.6. The minimum atomic E-state index is -0.875. The van der Waals surface area contributed by atoms with Gasteiger partial charge in [0.2, 0.25) is 0 Å². The number of rotatable bonds is 15. The number of carboxylic acid groups (broad SMARTS) is 1. The molecule has 1 aliphatic heterocycles. The third-order valence-electron chi connectivity index (χ3n) is 6.91. The molecule has 4 heterocycles. The maximum Gasteiger partial charge on any atom is 0.326 e. The minimum absolute atomic E-state index is 0.463. The van der Waals surface area contributed by atoms with E-state index in [1.165, 1.54) is 5.56 Å². The largest absolute Gasteiger partial charge is 0.490 e. The standard InChI is InChI=1S/C28H39N7O3/c1-21-25(9-6-14-29-21)38-20-19-35(18-13-24(28(36)37)33-26-12-16-31-34(26)2)17-4-3-8-23-11-10-22-7-5-15-30-27(22)32-23/h6,9-12,14,16,24,33H,3-5,7-8,13,15,17-20H2,1-2H3,(H,30,32)(H,36,37)/t24-/m0/s1. The molecule has 10 nitrogen and oxygen atoms in total.